The van der Waals surface area contributed by atoms with Crippen molar-refractivity contribution in [2.45, 2.75) is 13.0 Å². The molecule has 0 radical (unpaired) electrons. The van der Waals surface area contributed by atoms with Crippen molar-refractivity contribution in [3.8, 4) is 0 Å². The van der Waals surface area contributed by atoms with Gasteiger partial charge < -0.3 is 15.0 Å². The monoisotopic (exact) mass is 336 g/mol. The quantitative estimate of drug-likeness (QED) is 0.717. The van der Waals surface area contributed by atoms with E-state index in [9.17, 15) is 14.4 Å². The van der Waals surface area contributed by atoms with Crippen LogP contribution in [0.5, 0.6) is 0 Å². The van der Waals surface area contributed by atoms with Gasteiger partial charge in [0, 0.05) is 22.7 Å². The number of amides is 1. The van der Waals surface area contributed by atoms with E-state index in [0.717, 1.165) is 0 Å². The summed E-state index contributed by atoms with van der Waals surface area (Å²) < 4.78 is 5.23. The number of pyridine rings is 1. The minimum Gasteiger partial charge on any atom is -0.449 e. The lowest BCUT2D eigenvalue weighted by atomic mass is 10.1. The van der Waals surface area contributed by atoms with Crippen LogP contribution in [0.1, 0.15) is 17.3 Å². The average Bonchev–Trinajstić information content (AvgIpc) is 2.61. The molecule has 0 aliphatic rings. The average molecular weight is 336 g/mol. The van der Waals surface area contributed by atoms with Crippen LogP contribution in [0.15, 0.2) is 65.5 Å². The highest BCUT2D eigenvalue weighted by atomic mass is 16.5. The molecule has 0 aliphatic heterocycles. The third kappa shape index (κ3) is 3.74. The van der Waals surface area contributed by atoms with E-state index in [1.807, 2.05) is 6.07 Å². The third-order valence-corrected chi connectivity index (χ3v) is 3.66. The Morgan fingerprint density at radius 1 is 1.04 bits per heavy atom. The Balaban J connectivity index is 1.78. The standard InChI is InChI=1S/C19H16N2O4/c1-12(18(23)20-13-7-3-2-4-8-13)25-19(24)15-11-17(22)21-16-10-6-5-9-14(15)16/h2-12H,1H3,(H,20,23)(H,21,22)/t12-/m0/s1. The number of H-pyrrole nitrogens is 1. The van der Waals surface area contributed by atoms with E-state index in [1.54, 1.807) is 48.5 Å². The van der Waals surface area contributed by atoms with E-state index in [1.165, 1.54) is 13.0 Å². The van der Waals surface area contributed by atoms with E-state index in [2.05, 4.69) is 10.3 Å². The molecule has 1 atom stereocenters. The van der Waals surface area contributed by atoms with Gasteiger partial charge in [0.25, 0.3) is 5.91 Å². The zero-order chi connectivity index (χ0) is 17.8. The Morgan fingerprint density at radius 2 is 1.72 bits per heavy atom. The Labute approximate surface area is 143 Å². The van der Waals surface area contributed by atoms with Gasteiger partial charge >= 0.3 is 5.97 Å². The lowest BCUT2D eigenvalue weighted by molar-refractivity contribution is -0.123. The number of anilines is 1. The Hall–Kier alpha value is -3.41. The SMILES string of the molecule is C[C@H](OC(=O)c1cc(=O)[nH]c2ccccc12)C(=O)Nc1ccccc1. The summed E-state index contributed by atoms with van der Waals surface area (Å²) in [6.45, 7) is 1.48. The maximum atomic E-state index is 12.4. The molecule has 0 fully saturated rings. The van der Waals surface area contributed by atoms with Crippen LogP contribution < -0.4 is 10.9 Å². The molecular formula is C19H16N2O4. The van der Waals surface area contributed by atoms with Gasteiger partial charge in [0.2, 0.25) is 5.56 Å². The molecule has 0 aliphatic carbocycles. The molecule has 3 aromatic rings. The van der Waals surface area contributed by atoms with E-state index in [-0.39, 0.29) is 5.56 Å². The second-order valence-corrected chi connectivity index (χ2v) is 5.50. The van der Waals surface area contributed by atoms with Gasteiger partial charge in [-0.2, -0.15) is 0 Å². The molecule has 6 nitrogen and oxygen atoms in total. The number of esters is 1. The molecule has 6 heteroatoms. The topological polar surface area (TPSA) is 88.3 Å². The number of aromatic amines is 1. The van der Waals surface area contributed by atoms with Crippen molar-refractivity contribution in [3.05, 3.63) is 76.6 Å². The first-order valence-electron chi connectivity index (χ1n) is 7.73. The fourth-order valence-corrected chi connectivity index (χ4v) is 2.42. The summed E-state index contributed by atoms with van der Waals surface area (Å²) in [5.74, 6) is -1.17. The number of nitrogens with one attached hydrogen (secondary N) is 2. The molecule has 0 spiro atoms. The minimum absolute atomic E-state index is 0.124. The molecule has 25 heavy (non-hydrogen) atoms. The zero-order valence-electron chi connectivity index (χ0n) is 13.5. The molecule has 3 rings (SSSR count). The van der Waals surface area contributed by atoms with Crippen LogP contribution in [0.3, 0.4) is 0 Å². The molecule has 126 valence electrons. The van der Waals surface area contributed by atoms with Gasteiger partial charge in [-0.3, -0.25) is 9.59 Å². The number of hydrogen-bond donors (Lipinski definition) is 2. The largest absolute Gasteiger partial charge is 0.449 e. The van der Waals surface area contributed by atoms with Crippen LogP contribution in [0.2, 0.25) is 0 Å². The maximum absolute atomic E-state index is 12.4. The van der Waals surface area contributed by atoms with Crippen LogP contribution in [-0.2, 0) is 9.53 Å². The Morgan fingerprint density at radius 3 is 2.48 bits per heavy atom. The third-order valence-electron chi connectivity index (χ3n) is 3.66. The summed E-state index contributed by atoms with van der Waals surface area (Å²) in [5, 5.41) is 3.22. The summed E-state index contributed by atoms with van der Waals surface area (Å²) in [7, 11) is 0. The molecule has 0 unspecified atom stereocenters. The first-order valence-corrected chi connectivity index (χ1v) is 7.73. The molecule has 0 saturated heterocycles. The maximum Gasteiger partial charge on any atom is 0.339 e. The van der Waals surface area contributed by atoms with Crippen LogP contribution in [0.4, 0.5) is 5.69 Å². The van der Waals surface area contributed by atoms with Gasteiger partial charge in [0.1, 0.15) is 0 Å². The molecule has 1 heterocycles. The number of carbonyl (C=O) groups is 2. The van der Waals surface area contributed by atoms with E-state index < -0.39 is 23.5 Å². The summed E-state index contributed by atoms with van der Waals surface area (Å²) in [4.78, 5) is 39.0. The highest BCUT2D eigenvalue weighted by Crippen LogP contribution is 2.16. The summed E-state index contributed by atoms with van der Waals surface area (Å²) in [5.41, 5.74) is 0.853. The fraction of sp³-hybridized carbons (Fsp3) is 0.105. The summed E-state index contributed by atoms with van der Waals surface area (Å²) >= 11 is 0. The molecule has 2 aromatic carbocycles. The molecule has 0 bridgehead atoms. The highest BCUT2D eigenvalue weighted by Gasteiger charge is 2.21. The number of carbonyl (C=O) groups excluding carboxylic acids is 2. The van der Waals surface area contributed by atoms with Gasteiger partial charge in [0.05, 0.1) is 5.56 Å². The molecule has 0 saturated carbocycles. The number of ether oxygens (including phenoxy) is 1. The summed E-state index contributed by atoms with van der Waals surface area (Å²) in [6.07, 6.45) is -1.01. The van der Waals surface area contributed by atoms with E-state index in [0.29, 0.717) is 16.6 Å². The van der Waals surface area contributed by atoms with Gasteiger partial charge in [-0.15, -0.1) is 0 Å². The minimum atomic E-state index is -1.01. The molecule has 1 aromatic heterocycles. The Kier molecular flexibility index (Phi) is 4.61. The Bertz CT molecular complexity index is 979. The van der Waals surface area contributed by atoms with Crippen molar-refractivity contribution in [3.63, 3.8) is 0 Å². The van der Waals surface area contributed by atoms with Crippen molar-refractivity contribution >= 4 is 28.5 Å². The van der Waals surface area contributed by atoms with Crippen LogP contribution in [0.25, 0.3) is 10.9 Å². The highest BCUT2D eigenvalue weighted by molar-refractivity contribution is 6.04. The lowest BCUT2D eigenvalue weighted by Gasteiger charge is -2.14. The van der Waals surface area contributed by atoms with Crippen molar-refractivity contribution < 1.29 is 14.3 Å². The number of hydrogen-bond acceptors (Lipinski definition) is 4. The smallest absolute Gasteiger partial charge is 0.339 e. The predicted molar refractivity (Wildman–Crippen MR) is 94.5 cm³/mol. The number of rotatable bonds is 4. The molecule has 2 N–H and O–H groups in total. The molecule has 1 amide bonds. The first kappa shape index (κ1) is 16.4. The van der Waals surface area contributed by atoms with Crippen molar-refractivity contribution in [2.75, 3.05) is 5.32 Å². The second-order valence-electron chi connectivity index (χ2n) is 5.50. The van der Waals surface area contributed by atoms with Crippen molar-refractivity contribution in [1.82, 2.24) is 4.98 Å². The number of para-hydroxylation sites is 2. The number of benzene rings is 2. The lowest BCUT2D eigenvalue weighted by Crippen LogP contribution is -2.30. The number of aromatic nitrogens is 1. The van der Waals surface area contributed by atoms with Crippen LogP contribution in [0, 0.1) is 0 Å². The van der Waals surface area contributed by atoms with Crippen LogP contribution in [-0.4, -0.2) is 23.0 Å². The van der Waals surface area contributed by atoms with Gasteiger partial charge in [-0.05, 0) is 25.1 Å². The summed E-state index contributed by atoms with van der Waals surface area (Å²) in [6, 6.07) is 16.9. The van der Waals surface area contributed by atoms with Gasteiger partial charge in [-0.1, -0.05) is 36.4 Å². The first-order chi connectivity index (χ1) is 12.0. The van der Waals surface area contributed by atoms with Gasteiger partial charge in [0.15, 0.2) is 6.10 Å². The number of fused-ring (bicyclic) bond motifs is 1. The molecular weight excluding hydrogens is 320 g/mol. The normalized spacial score (nSPS) is 11.7. The zero-order valence-corrected chi connectivity index (χ0v) is 13.5. The predicted octanol–water partition coefficient (Wildman–Crippen LogP) is 2.71. The van der Waals surface area contributed by atoms with E-state index in [4.69, 9.17) is 4.74 Å². The van der Waals surface area contributed by atoms with Gasteiger partial charge in [-0.25, -0.2) is 4.79 Å². The second kappa shape index (κ2) is 7.00. The van der Waals surface area contributed by atoms with Crippen LogP contribution >= 0.6 is 0 Å². The van der Waals surface area contributed by atoms with Crippen molar-refractivity contribution in [2.24, 2.45) is 0 Å². The van der Waals surface area contributed by atoms with E-state index >= 15 is 0 Å². The fourth-order valence-electron chi connectivity index (χ4n) is 2.42. The van der Waals surface area contributed by atoms with Crippen molar-refractivity contribution in [1.29, 1.82) is 0 Å².